The van der Waals surface area contributed by atoms with E-state index in [0.717, 1.165) is 71.0 Å². The number of nitrogens with one attached hydrogen (secondary N) is 2. The van der Waals surface area contributed by atoms with Crippen molar-refractivity contribution in [2.24, 2.45) is 4.99 Å². The average molecular weight is 526 g/mol. The van der Waals surface area contributed by atoms with Crippen molar-refractivity contribution in [1.82, 2.24) is 15.5 Å². The Hall–Kier alpha value is -0.810. The van der Waals surface area contributed by atoms with Crippen LogP contribution in [0.3, 0.4) is 0 Å². The van der Waals surface area contributed by atoms with Gasteiger partial charge in [-0.3, -0.25) is 4.99 Å². The molecule has 0 bridgehead atoms. The second-order valence-electron chi connectivity index (χ2n) is 8.44. The molecule has 2 rings (SSSR count). The van der Waals surface area contributed by atoms with Gasteiger partial charge in [-0.1, -0.05) is 0 Å². The molecular formula is C20H39IN4O4. The van der Waals surface area contributed by atoms with Gasteiger partial charge in [-0.15, -0.1) is 24.0 Å². The van der Waals surface area contributed by atoms with Gasteiger partial charge in [0.15, 0.2) is 5.96 Å². The van der Waals surface area contributed by atoms with Crippen molar-refractivity contribution in [3.8, 4) is 0 Å². The highest BCUT2D eigenvalue weighted by molar-refractivity contribution is 14.0. The van der Waals surface area contributed by atoms with E-state index in [2.05, 4.69) is 15.6 Å². The third kappa shape index (κ3) is 10.7. The minimum Gasteiger partial charge on any atom is -0.444 e. The molecule has 2 N–H and O–H groups in total. The zero-order valence-corrected chi connectivity index (χ0v) is 20.7. The molecule has 0 spiro atoms. The number of rotatable bonds is 6. The molecule has 2 aliphatic rings. The number of amides is 1. The summed E-state index contributed by atoms with van der Waals surface area (Å²) in [5.41, 5.74) is -0.470. The molecule has 2 heterocycles. The summed E-state index contributed by atoms with van der Waals surface area (Å²) in [6, 6.07) is 0.172. The molecule has 0 aromatic heterocycles. The van der Waals surface area contributed by atoms with Crippen LogP contribution in [0.1, 0.15) is 52.9 Å². The molecule has 0 radical (unpaired) electrons. The van der Waals surface area contributed by atoms with E-state index in [-0.39, 0.29) is 36.1 Å². The van der Waals surface area contributed by atoms with Crippen molar-refractivity contribution >= 4 is 36.0 Å². The number of halogens is 1. The van der Waals surface area contributed by atoms with Crippen molar-refractivity contribution in [2.45, 2.75) is 70.6 Å². The van der Waals surface area contributed by atoms with E-state index in [1.54, 1.807) is 11.9 Å². The van der Waals surface area contributed by atoms with Gasteiger partial charge < -0.3 is 29.7 Å². The molecule has 1 amide bonds. The highest BCUT2D eigenvalue weighted by atomic mass is 127. The van der Waals surface area contributed by atoms with Crippen LogP contribution in [0, 0.1) is 0 Å². The lowest BCUT2D eigenvalue weighted by Crippen LogP contribution is -2.53. The van der Waals surface area contributed by atoms with Gasteiger partial charge in [0.05, 0.1) is 6.10 Å². The normalized spacial score (nSPS) is 21.3. The number of hydrogen-bond acceptors (Lipinski definition) is 5. The van der Waals surface area contributed by atoms with Crippen molar-refractivity contribution < 1.29 is 19.0 Å². The fourth-order valence-electron chi connectivity index (χ4n) is 3.35. The first-order valence-electron chi connectivity index (χ1n) is 10.5. The SMILES string of the molecule is CN=C(NCCCOC1CCOCC1)NC1CCCN(C(=O)OC(C)(C)C)C1.I. The van der Waals surface area contributed by atoms with Crippen LogP contribution in [-0.2, 0) is 14.2 Å². The molecule has 0 aromatic rings. The third-order valence-electron chi connectivity index (χ3n) is 4.77. The van der Waals surface area contributed by atoms with E-state index in [1.807, 2.05) is 20.8 Å². The Morgan fingerprint density at radius 2 is 1.97 bits per heavy atom. The first-order chi connectivity index (χ1) is 13.4. The summed E-state index contributed by atoms with van der Waals surface area (Å²) >= 11 is 0. The molecule has 0 aliphatic carbocycles. The van der Waals surface area contributed by atoms with Gasteiger partial charge in [0, 0.05) is 52.5 Å². The standard InChI is InChI=1S/C20H38N4O4.HI/c1-20(2,3)28-19(25)24-11-5-7-16(15-24)23-18(21-4)22-10-6-12-27-17-8-13-26-14-9-17;/h16-17H,5-15H2,1-4H3,(H2,21,22,23);1H. The minimum absolute atomic E-state index is 0. The van der Waals surface area contributed by atoms with Gasteiger partial charge in [-0.2, -0.15) is 0 Å². The summed E-state index contributed by atoms with van der Waals surface area (Å²) in [5.74, 6) is 0.766. The van der Waals surface area contributed by atoms with Crippen molar-refractivity contribution in [1.29, 1.82) is 0 Å². The van der Waals surface area contributed by atoms with Gasteiger partial charge >= 0.3 is 6.09 Å². The Bertz CT molecular complexity index is 507. The Labute approximate surface area is 192 Å². The maximum absolute atomic E-state index is 12.3. The quantitative estimate of drug-likeness (QED) is 0.240. The largest absolute Gasteiger partial charge is 0.444 e. The molecule has 1 atom stereocenters. The van der Waals surface area contributed by atoms with Crippen LogP contribution in [-0.4, -0.2) is 81.2 Å². The first-order valence-corrected chi connectivity index (χ1v) is 10.5. The van der Waals surface area contributed by atoms with Gasteiger partial charge in [-0.25, -0.2) is 4.79 Å². The Balaban J connectivity index is 0.00000420. The Kier molecular flexibility index (Phi) is 12.2. The number of hydrogen-bond donors (Lipinski definition) is 2. The summed E-state index contributed by atoms with van der Waals surface area (Å²) in [5, 5.41) is 6.76. The number of aliphatic imine (C=N–C) groups is 1. The predicted octanol–water partition coefficient (Wildman–Crippen LogP) is 2.75. The highest BCUT2D eigenvalue weighted by Gasteiger charge is 2.28. The molecule has 2 saturated heterocycles. The van der Waals surface area contributed by atoms with Crippen LogP contribution >= 0.6 is 24.0 Å². The van der Waals surface area contributed by atoms with Gasteiger partial charge in [-0.05, 0) is 52.9 Å². The van der Waals surface area contributed by atoms with Gasteiger partial charge in [0.2, 0.25) is 0 Å². The van der Waals surface area contributed by atoms with Crippen LogP contribution in [0.25, 0.3) is 0 Å². The van der Waals surface area contributed by atoms with E-state index < -0.39 is 5.60 Å². The summed E-state index contributed by atoms with van der Waals surface area (Å²) in [7, 11) is 1.77. The van der Waals surface area contributed by atoms with E-state index >= 15 is 0 Å². The number of piperidine rings is 1. The van der Waals surface area contributed by atoms with Crippen LogP contribution < -0.4 is 10.6 Å². The second-order valence-corrected chi connectivity index (χ2v) is 8.44. The minimum atomic E-state index is -0.470. The molecule has 0 saturated carbocycles. The lowest BCUT2D eigenvalue weighted by atomic mass is 10.1. The number of carbonyl (C=O) groups is 1. The summed E-state index contributed by atoms with van der Waals surface area (Å²) < 4.78 is 16.7. The zero-order valence-electron chi connectivity index (χ0n) is 18.4. The molecule has 2 aliphatic heterocycles. The van der Waals surface area contributed by atoms with E-state index in [1.165, 1.54) is 0 Å². The summed E-state index contributed by atoms with van der Waals surface area (Å²) in [6.45, 7) is 10.2. The maximum atomic E-state index is 12.3. The second kappa shape index (κ2) is 13.5. The number of ether oxygens (including phenoxy) is 3. The lowest BCUT2D eigenvalue weighted by Gasteiger charge is -2.35. The van der Waals surface area contributed by atoms with E-state index in [4.69, 9.17) is 14.2 Å². The fraction of sp³-hybridized carbons (Fsp3) is 0.900. The van der Waals surface area contributed by atoms with E-state index in [9.17, 15) is 4.79 Å². The monoisotopic (exact) mass is 526 g/mol. The molecular weight excluding hydrogens is 487 g/mol. The van der Waals surface area contributed by atoms with Crippen molar-refractivity contribution in [3.05, 3.63) is 0 Å². The average Bonchev–Trinajstić information content (AvgIpc) is 2.66. The fourth-order valence-corrected chi connectivity index (χ4v) is 3.35. The lowest BCUT2D eigenvalue weighted by molar-refractivity contribution is -0.0320. The molecule has 8 nitrogen and oxygen atoms in total. The summed E-state index contributed by atoms with van der Waals surface area (Å²) in [6.07, 6.45) is 4.96. The van der Waals surface area contributed by atoms with Crippen molar-refractivity contribution in [2.75, 3.05) is 46.5 Å². The van der Waals surface area contributed by atoms with Gasteiger partial charge in [0.1, 0.15) is 5.60 Å². The van der Waals surface area contributed by atoms with Crippen LogP contribution in [0.4, 0.5) is 4.79 Å². The Morgan fingerprint density at radius 3 is 2.62 bits per heavy atom. The topological polar surface area (TPSA) is 84.4 Å². The number of likely N-dealkylation sites (tertiary alicyclic amines) is 1. The molecule has 9 heteroatoms. The van der Waals surface area contributed by atoms with Crippen LogP contribution in [0.5, 0.6) is 0 Å². The van der Waals surface area contributed by atoms with Crippen molar-refractivity contribution in [3.63, 3.8) is 0 Å². The van der Waals surface area contributed by atoms with Gasteiger partial charge in [0.25, 0.3) is 0 Å². The zero-order chi connectivity index (χ0) is 20.4. The molecule has 170 valence electrons. The van der Waals surface area contributed by atoms with Crippen LogP contribution in [0.15, 0.2) is 4.99 Å². The predicted molar refractivity (Wildman–Crippen MR) is 125 cm³/mol. The molecule has 29 heavy (non-hydrogen) atoms. The number of guanidine groups is 1. The first kappa shape index (κ1) is 26.2. The number of carbonyl (C=O) groups excluding carboxylic acids is 1. The third-order valence-corrected chi connectivity index (χ3v) is 4.77. The Morgan fingerprint density at radius 1 is 1.24 bits per heavy atom. The van der Waals surface area contributed by atoms with E-state index in [0.29, 0.717) is 12.6 Å². The van der Waals surface area contributed by atoms with Crippen LogP contribution in [0.2, 0.25) is 0 Å². The summed E-state index contributed by atoms with van der Waals surface area (Å²) in [4.78, 5) is 18.4. The molecule has 1 unspecified atom stereocenters. The number of nitrogens with zero attached hydrogens (tertiary/aromatic N) is 2. The molecule has 2 fully saturated rings. The molecule has 0 aromatic carbocycles. The highest BCUT2D eigenvalue weighted by Crippen LogP contribution is 2.15. The maximum Gasteiger partial charge on any atom is 0.410 e. The smallest absolute Gasteiger partial charge is 0.410 e.